The zero-order valence-electron chi connectivity index (χ0n) is 9.67. The predicted octanol–water partition coefficient (Wildman–Crippen LogP) is 0.934. The average molecular weight is 224 g/mol. The molecule has 0 aromatic carbocycles. The third-order valence-electron chi connectivity index (χ3n) is 3.48. The lowest BCUT2D eigenvalue weighted by Gasteiger charge is -2.40. The van der Waals surface area contributed by atoms with Crippen molar-refractivity contribution in [2.75, 3.05) is 7.11 Å². The zero-order chi connectivity index (χ0) is 11.5. The maximum atomic E-state index is 9.99. The molecule has 3 atom stereocenters. The maximum Gasteiger partial charge on any atom is 0.167 e. The minimum atomic E-state index is -0.675. The fourth-order valence-corrected chi connectivity index (χ4v) is 2.52. The topological polar surface area (TPSA) is 58.7 Å². The molecule has 3 unspecified atom stereocenters. The van der Waals surface area contributed by atoms with Crippen molar-refractivity contribution < 1.29 is 9.84 Å². The molecule has 0 radical (unpaired) electrons. The predicted molar refractivity (Wildman–Crippen MR) is 62.3 cm³/mol. The molecule has 1 aliphatic heterocycles. The second-order valence-electron chi connectivity index (χ2n) is 4.51. The van der Waals surface area contributed by atoms with Gasteiger partial charge in [0.25, 0.3) is 0 Å². The Balaban J connectivity index is 2.02. The van der Waals surface area contributed by atoms with E-state index in [1.54, 1.807) is 13.2 Å². The standard InChI is InChI=1S/C12H20N2O2/c1-16-10-5-2-4-9(8-10)14-7-3-6-11(13)12(14)15/h3,6-7,9-10,12,15H,2,4-5,8,13H2,1H3. The molecule has 0 saturated heterocycles. The molecule has 2 aliphatic rings. The molecule has 0 aromatic heterocycles. The molecule has 1 aliphatic carbocycles. The van der Waals surface area contributed by atoms with E-state index in [-0.39, 0.29) is 0 Å². The van der Waals surface area contributed by atoms with E-state index in [1.807, 2.05) is 17.2 Å². The van der Waals surface area contributed by atoms with E-state index in [2.05, 4.69) is 0 Å². The van der Waals surface area contributed by atoms with Crippen molar-refractivity contribution in [1.29, 1.82) is 0 Å². The number of hydrogen-bond donors (Lipinski definition) is 2. The van der Waals surface area contributed by atoms with E-state index in [9.17, 15) is 5.11 Å². The molecular weight excluding hydrogens is 204 g/mol. The van der Waals surface area contributed by atoms with Gasteiger partial charge in [-0.15, -0.1) is 0 Å². The summed E-state index contributed by atoms with van der Waals surface area (Å²) in [5.41, 5.74) is 6.25. The monoisotopic (exact) mass is 224 g/mol. The number of rotatable bonds is 2. The molecule has 16 heavy (non-hydrogen) atoms. The van der Waals surface area contributed by atoms with Crippen molar-refractivity contribution in [3.63, 3.8) is 0 Å². The highest BCUT2D eigenvalue weighted by atomic mass is 16.5. The second kappa shape index (κ2) is 4.89. The van der Waals surface area contributed by atoms with Crippen molar-refractivity contribution >= 4 is 0 Å². The first-order valence-corrected chi connectivity index (χ1v) is 5.84. The molecule has 0 amide bonds. The van der Waals surface area contributed by atoms with Crippen LogP contribution in [0.2, 0.25) is 0 Å². The van der Waals surface area contributed by atoms with Gasteiger partial charge in [0, 0.05) is 19.4 Å². The fourth-order valence-electron chi connectivity index (χ4n) is 2.52. The molecule has 1 heterocycles. The Bertz CT molecular complexity index is 301. The van der Waals surface area contributed by atoms with Crippen molar-refractivity contribution in [2.45, 2.75) is 44.1 Å². The van der Waals surface area contributed by atoms with Gasteiger partial charge in [0.2, 0.25) is 0 Å². The summed E-state index contributed by atoms with van der Waals surface area (Å²) >= 11 is 0. The lowest BCUT2D eigenvalue weighted by atomic mass is 9.91. The van der Waals surface area contributed by atoms with Gasteiger partial charge in [-0.05, 0) is 37.8 Å². The number of aliphatic hydroxyl groups excluding tert-OH is 1. The summed E-state index contributed by atoms with van der Waals surface area (Å²) in [7, 11) is 1.75. The molecule has 2 rings (SSSR count). The van der Waals surface area contributed by atoms with Crippen LogP contribution in [0.5, 0.6) is 0 Å². The first-order chi connectivity index (χ1) is 7.72. The van der Waals surface area contributed by atoms with Crippen LogP contribution in [-0.2, 0) is 4.74 Å². The molecule has 1 fully saturated rings. The highest BCUT2D eigenvalue weighted by Crippen LogP contribution is 2.28. The van der Waals surface area contributed by atoms with Crippen LogP contribution in [0.15, 0.2) is 24.0 Å². The van der Waals surface area contributed by atoms with Gasteiger partial charge in [-0.1, -0.05) is 0 Å². The lowest BCUT2D eigenvalue weighted by molar-refractivity contribution is -0.0127. The molecule has 0 bridgehead atoms. The van der Waals surface area contributed by atoms with Gasteiger partial charge in [0.05, 0.1) is 11.8 Å². The Morgan fingerprint density at radius 2 is 2.31 bits per heavy atom. The van der Waals surface area contributed by atoms with Crippen LogP contribution < -0.4 is 5.73 Å². The fraction of sp³-hybridized carbons (Fsp3) is 0.667. The normalized spacial score (nSPS) is 35.0. The quantitative estimate of drug-likeness (QED) is 0.732. The maximum absolute atomic E-state index is 9.99. The molecular formula is C12H20N2O2. The Morgan fingerprint density at radius 3 is 3.06 bits per heavy atom. The van der Waals surface area contributed by atoms with Gasteiger partial charge < -0.3 is 20.5 Å². The number of aliphatic hydroxyl groups is 1. The van der Waals surface area contributed by atoms with Crippen LogP contribution in [0.4, 0.5) is 0 Å². The largest absolute Gasteiger partial charge is 0.398 e. The Labute approximate surface area is 96.4 Å². The van der Waals surface area contributed by atoms with Gasteiger partial charge in [-0.3, -0.25) is 0 Å². The average Bonchev–Trinajstić information content (AvgIpc) is 2.33. The Hall–Kier alpha value is -1.00. The van der Waals surface area contributed by atoms with Crippen molar-refractivity contribution in [2.24, 2.45) is 5.73 Å². The van der Waals surface area contributed by atoms with E-state index in [1.165, 1.54) is 0 Å². The lowest BCUT2D eigenvalue weighted by Crippen LogP contribution is -2.46. The van der Waals surface area contributed by atoms with Gasteiger partial charge in [-0.2, -0.15) is 0 Å². The van der Waals surface area contributed by atoms with Gasteiger partial charge >= 0.3 is 0 Å². The van der Waals surface area contributed by atoms with Gasteiger partial charge in [0.1, 0.15) is 0 Å². The highest BCUT2D eigenvalue weighted by molar-refractivity contribution is 5.19. The molecule has 0 spiro atoms. The van der Waals surface area contributed by atoms with E-state index in [4.69, 9.17) is 10.5 Å². The van der Waals surface area contributed by atoms with Crippen LogP contribution in [0, 0.1) is 0 Å². The summed E-state index contributed by atoms with van der Waals surface area (Å²) < 4.78 is 5.40. The molecule has 4 nitrogen and oxygen atoms in total. The van der Waals surface area contributed by atoms with E-state index in [0.29, 0.717) is 17.8 Å². The Kier molecular flexibility index (Phi) is 3.51. The van der Waals surface area contributed by atoms with Crippen LogP contribution >= 0.6 is 0 Å². The van der Waals surface area contributed by atoms with Crippen molar-refractivity contribution in [3.05, 3.63) is 24.0 Å². The first-order valence-electron chi connectivity index (χ1n) is 5.84. The van der Waals surface area contributed by atoms with Gasteiger partial charge in [0.15, 0.2) is 6.23 Å². The molecule has 0 aromatic rings. The number of hydrogen-bond acceptors (Lipinski definition) is 4. The van der Waals surface area contributed by atoms with Crippen LogP contribution in [0.1, 0.15) is 25.7 Å². The van der Waals surface area contributed by atoms with Crippen molar-refractivity contribution in [3.8, 4) is 0 Å². The second-order valence-corrected chi connectivity index (χ2v) is 4.51. The minimum absolute atomic E-state index is 0.312. The molecule has 4 heteroatoms. The number of nitrogens with two attached hydrogens (primary N) is 1. The highest BCUT2D eigenvalue weighted by Gasteiger charge is 2.30. The summed E-state index contributed by atoms with van der Waals surface area (Å²) in [6.45, 7) is 0. The SMILES string of the molecule is COC1CCCC(N2C=CC=C(N)C2O)C1. The van der Waals surface area contributed by atoms with E-state index in [0.717, 1.165) is 25.7 Å². The van der Waals surface area contributed by atoms with Crippen LogP contribution in [0.3, 0.4) is 0 Å². The number of ether oxygens (including phenoxy) is 1. The van der Waals surface area contributed by atoms with E-state index >= 15 is 0 Å². The summed E-state index contributed by atoms with van der Waals surface area (Å²) in [5, 5.41) is 9.99. The Morgan fingerprint density at radius 1 is 1.50 bits per heavy atom. The van der Waals surface area contributed by atoms with Crippen molar-refractivity contribution in [1.82, 2.24) is 4.90 Å². The summed E-state index contributed by atoms with van der Waals surface area (Å²) in [6, 6.07) is 0.331. The third-order valence-corrected chi connectivity index (χ3v) is 3.48. The minimum Gasteiger partial charge on any atom is -0.398 e. The molecule has 90 valence electrons. The molecule has 3 N–H and O–H groups in total. The summed E-state index contributed by atoms with van der Waals surface area (Å²) in [5.74, 6) is 0. The van der Waals surface area contributed by atoms with E-state index < -0.39 is 6.23 Å². The summed E-state index contributed by atoms with van der Waals surface area (Å²) in [6.07, 6.45) is 9.51. The molecule has 1 saturated carbocycles. The summed E-state index contributed by atoms with van der Waals surface area (Å²) in [4.78, 5) is 1.94. The zero-order valence-corrected chi connectivity index (χ0v) is 9.67. The number of nitrogens with zero attached hydrogens (tertiary/aromatic N) is 1. The number of allylic oxidation sites excluding steroid dienone is 2. The van der Waals surface area contributed by atoms with Crippen LogP contribution in [-0.4, -0.2) is 35.5 Å². The smallest absolute Gasteiger partial charge is 0.167 e. The number of methoxy groups -OCH3 is 1. The van der Waals surface area contributed by atoms with Crippen LogP contribution in [0.25, 0.3) is 0 Å². The third kappa shape index (κ3) is 2.23. The first kappa shape index (κ1) is 11.5. The van der Waals surface area contributed by atoms with Gasteiger partial charge in [-0.25, -0.2) is 0 Å².